The maximum absolute atomic E-state index is 5.38. The van der Waals surface area contributed by atoms with E-state index >= 15 is 0 Å². The maximum atomic E-state index is 5.38. The Morgan fingerprint density at radius 1 is 1.31 bits per heavy atom. The van der Waals surface area contributed by atoms with Crippen molar-refractivity contribution in [3.05, 3.63) is 0 Å². The monoisotopic (exact) mass is 185 g/mol. The van der Waals surface area contributed by atoms with Gasteiger partial charge in [-0.05, 0) is 31.2 Å². The fraction of sp³-hybridized carbons (Fsp3) is 1.00. The number of rotatable bonds is 4. The molecule has 13 heavy (non-hydrogen) atoms. The van der Waals surface area contributed by atoms with Crippen molar-refractivity contribution in [3.63, 3.8) is 0 Å². The van der Waals surface area contributed by atoms with E-state index in [4.69, 9.17) is 4.74 Å². The molecule has 0 aromatic rings. The van der Waals surface area contributed by atoms with Crippen LogP contribution in [0.1, 0.15) is 33.6 Å². The summed E-state index contributed by atoms with van der Waals surface area (Å²) in [6.45, 7) is 9.80. The summed E-state index contributed by atoms with van der Waals surface area (Å²) < 4.78 is 5.38. The van der Waals surface area contributed by atoms with E-state index in [-0.39, 0.29) is 0 Å². The van der Waals surface area contributed by atoms with Crippen LogP contribution >= 0.6 is 0 Å². The van der Waals surface area contributed by atoms with Gasteiger partial charge in [-0.25, -0.2) is 0 Å². The third kappa shape index (κ3) is 3.28. The molecular formula is C11H23NO. The average Bonchev–Trinajstić information content (AvgIpc) is 2.15. The van der Waals surface area contributed by atoms with Crippen LogP contribution in [0.15, 0.2) is 0 Å². The largest absolute Gasteiger partial charge is 0.381 e. The van der Waals surface area contributed by atoms with E-state index in [0.29, 0.717) is 6.04 Å². The number of hydrogen-bond acceptors (Lipinski definition) is 2. The first-order valence-electron chi connectivity index (χ1n) is 5.56. The minimum absolute atomic E-state index is 0.689. The van der Waals surface area contributed by atoms with Crippen molar-refractivity contribution >= 4 is 0 Å². The molecule has 1 saturated heterocycles. The quantitative estimate of drug-likeness (QED) is 0.723. The van der Waals surface area contributed by atoms with Gasteiger partial charge in [0.1, 0.15) is 0 Å². The number of ether oxygens (including phenoxy) is 1. The highest BCUT2D eigenvalue weighted by Gasteiger charge is 2.25. The third-order valence-electron chi connectivity index (χ3n) is 2.93. The van der Waals surface area contributed by atoms with Gasteiger partial charge in [0.25, 0.3) is 0 Å². The van der Waals surface area contributed by atoms with Gasteiger partial charge in [-0.2, -0.15) is 0 Å². The van der Waals surface area contributed by atoms with Gasteiger partial charge in [0.05, 0.1) is 0 Å². The van der Waals surface area contributed by atoms with Crippen LogP contribution in [0.25, 0.3) is 0 Å². The Morgan fingerprint density at radius 2 is 1.92 bits per heavy atom. The molecule has 1 N–H and O–H groups in total. The Labute approximate surface area is 82.0 Å². The van der Waals surface area contributed by atoms with Crippen molar-refractivity contribution < 1.29 is 4.74 Å². The highest BCUT2D eigenvalue weighted by molar-refractivity contribution is 4.80. The highest BCUT2D eigenvalue weighted by atomic mass is 16.5. The van der Waals surface area contributed by atoms with Crippen LogP contribution in [0.3, 0.4) is 0 Å². The molecule has 0 aromatic heterocycles. The molecule has 0 aromatic carbocycles. The molecule has 0 radical (unpaired) electrons. The van der Waals surface area contributed by atoms with Gasteiger partial charge < -0.3 is 10.1 Å². The number of nitrogens with one attached hydrogen (secondary N) is 1. The normalized spacial score (nSPS) is 22.2. The zero-order chi connectivity index (χ0) is 9.68. The fourth-order valence-corrected chi connectivity index (χ4v) is 2.26. The third-order valence-corrected chi connectivity index (χ3v) is 2.93. The maximum Gasteiger partial charge on any atom is 0.0469 e. The topological polar surface area (TPSA) is 21.3 Å². The van der Waals surface area contributed by atoms with Crippen molar-refractivity contribution in [3.8, 4) is 0 Å². The molecule has 0 saturated carbocycles. The van der Waals surface area contributed by atoms with Gasteiger partial charge in [0.2, 0.25) is 0 Å². The molecule has 0 aliphatic carbocycles. The lowest BCUT2D eigenvalue weighted by molar-refractivity contribution is 0.0474. The average molecular weight is 185 g/mol. The van der Waals surface area contributed by atoms with Gasteiger partial charge in [0, 0.05) is 19.3 Å². The van der Waals surface area contributed by atoms with Gasteiger partial charge in [0.15, 0.2) is 0 Å². The predicted molar refractivity (Wildman–Crippen MR) is 55.8 cm³/mol. The summed E-state index contributed by atoms with van der Waals surface area (Å²) in [5.74, 6) is 1.57. The summed E-state index contributed by atoms with van der Waals surface area (Å²) in [7, 11) is 0. The summed E-state index contributed by atoms with van der Waals surface area (Å²) in [4.78, 5) is 0. The molecular weight excluding hydrogens is 162 g/mol. The van der Waals surface area contributed by atoms with E-state index in [0.717, 1.165) is 31.6 Å². The van der Waals surface area contributed by atoms with Gasteiger partial charge in [-0.3, -0.25) is 0 Å². The van der Waals surface area contributed by atoms with Crippen LogP contribution in [-0.4, -0.2) is 25.8 Å². The SMILES string of the molecule is CCNC(C(C)C)C1CCOCC1. The molecule has 0 amide bonds. The van der Waals surface area contributed by atoms with Crippen LogP contribution in [-0.2, 0) is 4.74 Å². The highest BCUT2D eigenvalue weighted by Crippen LogP contribution is 2.23. The summed E-state index contributed by atoms with van der Waals surface area (Å²) >= 11 is 0. The Hall–Kier alpha value is -0.0800. The second-order valence-corrected chi connectivity index (χ2v) is 4.28. The fourth-order valence-electron chi connectivity index (χ4n) is 2.26. The van der Waals surface area contributed by atoms with Crippen LogP contribution < -0.4 is 5.32 Å². The predicted octanol–water partition coefficient (Wildman–Crippen LogP) is 2.05. The molecule has 0 spiro atoms. The molecule has 1 atom stereocenters. The van der Waals surface area contributed by atoms with Crippen LogP contribution in [0.2, 0.25) is 0 Å². The summed E-state index contributed by atoms with van der Waals surface area (Å²) in [5.41, 5.74) is 0. The smallest absolute Gasteiger partial charge is 0.0469 e. The van der Waals surface area contributed by atoms with Crippen molar-refractivity contribution in [2.45, 2.75) is 39.7 Å². The molecule has 1 aliphatic heterocycles. The molecule has 1 rings (SSSR count). The standard InChI is InChI=1S/C11H23NO/c1-4-12-11(9(2)3)10-5-7-13-8-6-10/h9-12H,4-8H2,1-3H3. The molecule has 2 heteroatoms. The minimum atomic E-state index is 0.689. The summed E-state index contributed by atoms with van der Waals surface area (Å²) in [6.07, 6.45) is 2.46. The lowest BCUT2D eigenvalue weighted by atomic mass is 9.85. The molecule has 2 nitrogen and oxygen atoms in total. The minimum Gasteiger partial charge on any atom is -0.381 e. The van der Waals surface area contributed by atoms with E-state index in [9.17, 15) is 0 Å². The first kappa shape index (κ1) is 11.0. The lowest BCUT2D eigenvalue weighted by Crippen LogP contribution is -2.42. The Balaban J connectivity index is 2.41. The van der Waals surface area contributed by atoms with Crippen LogP contribution in [0, 0.1) is 11.8 Å². The first-order valence-corrected chi connectivity index (χ1v) is 5.56. The Morgan fingerprint density at radius 3 is 2.38 bits per heavy atom. The zero-order valence-electron chi connectivity index (χ0n) is 9.18. The van der Waals surface area contributed by atoms with Crippen molar-refractivity contribution in [1.29, 1.82) is 0 Å². The molecule has 1 unspecified atom stereocenters. The van der Waals surface area contributed by atoms with Gasteiger partial charge in [-0.1, -0.05) is 20.8 Å². The second kappa shape index (κ2) is 5.61. The van der Waals surface area contributed by atoms with E-state index in [1.54, 1.807) is 0 Å². The number of hydrogen-bond donors (Lipinski definition) is 1. The molecule has 1 heterocycles. The Kier molecular flexibility index (Phi) is 4.74. The van der Waals surface area contributed by atoms with Gasteiger partial charge >= 0.3 is 0 Å². The molecule has 78 valence electrons. The molecule has 1 fully saturated rings. The molecule has 1 aliphatic rings. The van der Waals surface area contributed by atoms with Crippen LogP contribution in [0.5, 0.6) is 0 Å². The van der Waals surface area contributed by atoms with E-state index in [2.05, 4.69) is 26.1 Å². The Bertz CT molecular complexity index is 130. The lowest BCUT2D eigenvalue weighted by Gasteiger charge is -2.33. The summed E-state index contributed by atoms with van der Waals surface area (Å²) in [6, 6.07) is 0.689. The van der Waals surface area contributed by atoms with E-state index in [1.807, 2.05) is 0 Å². The zero-order valence-corrected chi connectivity index (χ0v) is 9.18. The summed E-state index contributed by atoms with van der Waals surface area (Å²) in [5, 5.41) is 3.60. The van der Waals surface area contributed by atoms with Crippen molar-refractivity contribution in [2.75, 3.05) is 19.8 Å². The van der Waals surface area contributed by atoms with Crippen LogP contribution in [0.4, 0.5) is 0 Å². The van der Waals surface area contributed by atoms with Crippen molar-refractivity contribution in [1.82, 2.24) is 5.32 Å². The van der Waals surface area contributed by atoms with E-state index in [1.165, 1.54) is 12.8 Å². The second-order valence-electron chi connectivity index (χ2n) is 4.28. The van der Waals surface area contributed by atoms with Gasteiger partial charge in [-0.15, -0.1) is 0 Å². The first-order chi connectivity index (χ1) is 6.25. The molecule has 0 bridgehead atoms. The van der Waals surface area contributed by atoms with Crippen molar-refractivity contribution in [2.24, 2.45) is 11.8 Å². The van der Waals surface area contributed by atoms with E-state index < -0.39 is 0 Å².